The number of carboxylic acid groups (broad SMARTS) is 1. The molecule has 1 unspecified atom stereocenters. The van der Waals surface area contributed by atoms with Crippen LogP contribution in [0.25, 0.3) is 0 Å². The van der Waals surface area contributed by atoms with Gasteiger partial charge < -0.3 is 9.84 Å². The molecule has 1 N–H and O–H groups in total. The third kappa shape index (κ3) is 4.14. The third-order valence-corrected chi connectivity index (χ3v) is 2.55. The van der Waals surface area contributed by atoms with Gasteiger partial charge in [0.05, 0.1) is 6.61 Å². The second-order valence-corrected chi connectivity index (χ2v) is 4.23. The number of carbonyl (C=O) groups is 2. The predicted molar refractivity (Wildman–Crippen MR) is 63.4 cm³/mol. The Labute approximate surface area is 107 Å². The third-order valence-electron chi connectivity index (χ3n) is 2.06. The van der Waals surface area contributed by atoms with Crippen LogP contribution in [-0.4, -0.2) is 28.6 Å². The normalized spacial score (nSPS) is 11.9. The van der Waals surface area contributed by atoms with Gasteiger partial charge in [-0.1, -0.05) is 15.9 Å². The topological polar surface area (TPSA) is 76.5 Å². The van der Waals surface area contributed by atoms with E-state index in [0.29, 0.717) is 5.69 Å². The minimum absolute atomic E-state index is 0.0214. The summed E-state index contributed by atoms with van der Waals surface area (Å²) in [4.78, 5) is 26.4. The summed E-state index contributed by atoms with van der Waals surface area (Å²) in [5, 5.41) is 8.96. The zero-order valence-electron chi connectivity index (χ0n) is 9.22. The molecule has 1 aromatic heterocycles. The van der Waals surface area contributed by atoms with Gasteiger partial charge in [0.25, 0.3) is 0 Å². The maximum absolute atomic E-state index is 11.4. The molecule has 1 atom stereocenters. The molecule has 0 aromatic carbocycles. The van der Waals surface area contributed by atoms with E-state index in [2.05, 4.69) is 20.9 Å². The van der Waals surface area contributed by atoms with Crippen molar-refractivity contribution in [3.63, 3.8) is 0 Å². The highest BCUT2D eigenvalue weighted by Crippen LogP contribution is 2.14. The Balaban J connectivity index is 2.80. The molecule has 0 fully saturated rings. The highest BCUT2D eigenvalue weighted by Gasteiger charge is 2.28. The summed E-state index contributed by atoms with van der Waals surface area (Å²) < 4.78 is 5.50. The van der Waals surface area contributed by atoms with Crippen LogP contribution in [0.5, 0.6) is 0 Å². The Bertz CT molecular complexity index is 422. The van der Waals surface area contributed by atoms with Crippen LogP contribution < -0.4 is 0 Å². The van der Waals surface area contributed by atoms with Gasteiger partial charge in [0.15, 0.2) is 5.92 Å². The predicted octanol–water partition coefficient (Wildman–Crippen LogP) is 1.65. The summed E-state index contributed by atoms with van der Waals surface area (Å²) in [5.74, 6) is -3.15. The standard InChI is InChI=1S/C11H12BrNO4/c1-2-17-11(16)9(10(14)15)6-8-5-7(12)3-4-13-8/h3-5,9H,2,6H2,1H3,(H,14,15). The number of ether oxygens (including phenoxy) is 1. The maximum Gasteiger partial charge on any atom is 0.320 e. The minimum atomic E-state index is -1.21. The summed E-state index contributed by atoms with van der Waals surface area (Å²) in [6.07, 6.45) is 1.57. The molecule has 1 aromatic rings. The first-order valence-corrected chi connectivity index (χ1v) is 5.83. The molecule has 6 heteroatoms. The van der Waals surface area contributed by atoms with Crippen molar-refractivity contribution in [2.45, 2.75) is 13.3 Å². The van der Waals surface area contributed by atoms with Gasteiger partial charge in [0.1, 0.15) is 0 Å². The van der Waals surface area contributed by atoms with Crippen molar-refractivity contribution in [2.75, 3.05) is 6.61 Å². The van der Waals surface area contributed by atoms with Crippen molar-refractivity contribution in [1.82, 2.24) is 4.98 Å². The van der Waals surface area contributed by atoms with Gasteiger partial charge in [-0.2, -0.15) is 0 Å². The molecule has 92 valence electrons. The van der Waals surface area contributed by atoms with Crippen molar-refractivity contribution in [3.05, 3.63) is 28.5 Å². The molecule has 1 rings (SSSR count). The molecule has 0 saturated heterocycles. The van der Waals surface area contributed by atoms with Crippen LogP contribution in [0, 0.1) is 5.92 Å². The number of pyridine rings is 1. The van der Waals surface area contributed by atoms with Gasteiger partial charge >= 0.3 is 11.9 Å². The van der Waals surface area contributed by atoms with Crippen LogP contribution in [0.15, 0.2) is 22.8 Å². The van der Waals surface area contributed by atoms with Gasteiger partial charge in [-0.05, 0) is 19.1 Å². The summed E-state index contributed by atoms with van der Waals surface area (Å²) in [6.45, 7) is 1.79. The quantitative estimate of drug-likeness (QED) is 0.661. The second kappa shape index (κ2) is 6.34. The number of hydrogen-bond donors (Lipinski definition) is 1. The van der Waals surface area contributed by atoms with E-state index in [1.54, 1.807) is 25.3 Å². The van der Waals surface area contributed by atoms with E-state index >= 15 is 0 Å². The van der Waals surface area contributed by atoms with Crippen molar-refractivity contribution < 1.29 is 19.4 Å². The zero-order chi connectivity index (χ0) is 12.8. The Hall–Kier alpha value is -1.43. The fraction of sp³-hybridized carbons (Fsp3) is 0.364. The zero-order valence-corrected chi connectivity index (χ0v) is 10.8. The molecule has 5 nitrogen and oxygen atoms in total. The van der Waals surface area contributed by atoms with Crippen LogP contribution >= 0.6 is 15.9 Å². The van der Waals surface area contributed by atoms with E-state index in [0.717, 1.165) is 4.47 Å². The first kappa shape index (κ1) is 13.6. The lowest BCUT2D eigenvalue weighted by atomic mass is 10.0. The molecular weight excluding hydrogens is 290 g/mol. The monoisotopic (exact) mass is 301 g/mol. The van der Waals surface area contributed by atoms with E-state index in [1.165, 1.54) is 0 Å². The summed E-state index contributed by atoms with van der Waals surface area (Å²) in [6, 6.07) is 3.40. The van der Waals surface area contributed by atoms with Crippen molar-refractivity contribution in [3.8, 4) is 0 Å². The number of rotatable bonds is 5. The Morgan fingerprint density at radius 2 is 2.29 bits per heavy atom. The average molecular weight is 302 g/mol. The molecule has 0 aliphatic heterocycles. The van der Waals surface area contributed by atoms with Crippen LogP contribution in [-0.2, 0) is 20.7 Å². The Morgan fingerprint density at radius 1 is 1.59 bits per heavy atom. The van der Waals surface area contributed by atoms with Crippen LogP contribution in [0.3, 0.4) is 0 Å². The number of aromatic nitrogens is 1. The van der Waals surface area contributed by atoms with Gasteiger partial charge in [-0.25, -0.2) is 0 Å². The Kier molecular flexibility index (Phi) is 5.09. The highest BCUT2D eigenvalue weighted by molar-refractivity contribution is 9.10. The molecule has 0 radical (unpaired) electrons. The number of aliphatic carboxylic acids is 1. The second-order valence-electron chi connectivity index (χ2n) is 3.31. The van der Waals surface area contributed by atoms with Crippen LogP contribution in [0.2, 0.25) is 0 Å². The lowest BCUT2D eigenvalue weighted by molar-refractivity contribution is -0.158. The number of nitrogens with zero attached hydrogens (tertiary/aromatic N) is 1. The number of carbonyl (C=O) groups excluding carboxylic acids is 1. The molecule has 17 heavy (non-hydrogen) atoms. The van der Waals surface area contributed by atoms with Crippen molar-refractivity contribution in [2.24, 2.45) is 5.92 Å². The SMILES string of the molecule is CCOC(=O)C(Cc1cc(Br)ccn1)C(=O)O. The van der Waals surface area contributed by atoms with Gasteiger partial charge in [0, 0.05) is 22.8 Å². The minimum Gasteiger partial charge on any atom is -0.481 e. The summed E-state index contributed by atoms with van der Waals surface area (Å²) in [5.41, 5.74) is 0.528. The lowest BCUT2D eigenvalue weighted by Crippen LogP contribution is -2.28. The summed E-state index contributed by atoms with van der Waals surface area (Å²) >= 11 is 3.25. The van der Waals surface area contributed by atoms with Crippen molar-refractivity contribution >= 4 is 27.9 Å². The molecule has 0 aliphatic rings. The fourth-order valence-electron chi connectivity index (χ4n) is 1.28. The number of esters is 1. The molecule has 0 bridgehead atoms. The largest absolute Gasteiger partial charge is 0.481 e. The van der Waals surface area contributed by atoms with E-state index < -0.39 is 17.9 Å². The average Bonchev–Trinajstić information content (AvgIpc) is 2.26. The van der Waals surface area contributed by atoms with Gasteiger partial charge in [-0.3, -0.25) is 14.6 Å². The number of carboxylic acids is 1. The Morgan fingerprint density at radius 3 is 2.82 bits per heavy atom. The number of hydrogen-bond acceptors (Lipinski definition) is 4. The van der Waals surface area contributed by atoms with E-state index in [1.807, 2.05) is 0 Å². The molecule has 1 heterocycles. The first-order valence-electron chi connectivity index (χ1n) is 5.04. The molecular formula is C11H12BrNO4. The van der Waals surface area contributed by atoms with E-state index in [-0.39, 0.29) is 13.0 Å². The first-order chi connectivity index (χ1) is 8.04. The lowest BCUT2D eigenvalue weighted by Gasteiger charge is -2.10. The molecule has 0 amide bonds. The van der Waals surface area contributed by atoms with Gasteiger partial charge in [0.2, 0.25) is 0 Å². The number of halogens is 1. The maximum atomic E-state index is 11.4. The van der Waals surface area contributed by atoms with Gasteiger partial charge in [-0.15, -0.1) is 0 Å². The fourth-order valence-corrected chi connectivity index (χ4v) is 1.67. The van der Waals surface area contributed by atoms with Crippen molar-refractivity contribution in [1.29, 1.82) is 0 Å². The smallest absolute Gasteiger partial charge is 0.320 e. The molecule has 0 aliphatic carbocycles. The molecule has 0 saturated carbocycles. The van der Waals surface area contributed by atoms with Crippen LogP contribution in [0.1, 0.15) is 12.6 Å². The molecule has 0 spiro atoms. The summed E-state index contributed by atoms with van der Waals surface area (Å²) in [7, 11) is 0. The van der Waals surface area contributed by atoms with E-state index in [9.17, 15) is 9.59 Å². The van der Waals surface area contributed by atoms with Crippen LogP contribution in [0.4, 0.5) is 0 Å². The van der Waals surface area contributed by atoms with E-state index in [4.69, 9.17) is 9.84 Å². The highest BCUT2D eigenvalue weighted by atomic mass is 79.9.